The number of nitrogens with one attached hydrogen (secondary N) is 1. The molecule has 3 aromatic rings. The third-order valence-corrected chi connectivity index (χ3v) is 2.39. The van der Waals surface area contributed by atoms with E-state index in [4.69, 9.17) is 0 Å². The van der Waals surface area contributed by atoms with Crippen molar-refractivity contribution in [3.05, 3.63) is 37.2 Å². The Morgan fingerprint density at radius 3 is 2.79 bits per heavy atom. The molecular formula is C11H10N8. The number of rotatable bonds is 3. The lowest BCUT2D eigenvalue weighted by molar-refractivity contribution is 0.798. The molecule has 8 heteroatoms. The Kier molecular flexibility index (Phi) is 2.81. The lowest BCUT2D eigenvalue weighted by Gasteiger charge is -2.05. The van der Waals surface area contributed by atoms with E-state index in [2.05, 4.69) is 35.3 Å². The van der Waals surface area contributed by atoms with Gasteiger partial charge in [-0.1, -0.05) is 0 Å². The van der Waals surface area contributed by atoms with Crippen molar-refractivity contribution in [1.29, 1.82) is 0 Å². The molecule has 8 nitrogen and oxygen atoms in total. The maximum Gasteiger partial charge on any atom is 0.257 e. The van der Waals surface area contributed by atoms with E-state index in [1.165, 1.54) is 17.3 Å². The van der Waals surface area contributed by atoms with E-state index in [1.54, 1.807) is 19.4 Å². The highest BCUT2D eigenvalue weighted by molar-refractivity contribution is 5.55. The van der Waals surface area contributed by atoms with Gasteiger partial charge in [-0.05, 0) is 12.1 Å². The van der Waals surface area contributed by atoms with Gasteiger partial charge in [-0.25, -0.2) is 4.98 Å². The van der Waals surface area contributed by atoms with Gasteiger partial charge < -0.3 is 5.32 Å². The molecule has 3 heterocycles. The molecule has 0 amide bonds. The smallest absolute Gasteiger partial charge is 0.257 e. The fraction of sp³-hybridized carbons (Fsp3) is 0.0909. The monoisotopic (exact) mass is 254 g/mol. The van der Waals surface area contributed by atoms with Crippen molar-refractivity contribution in [2.24, 2.45) is 0 Å². The van der Waals surface area contributed by atoms with Crippen molar-refractivity contribution in [1.82, 2.24) is 34.7 Å². The Labute approximate surface area is 108 Å². The van der Waals surface area contributed by atoms with Crippen molar-refractivity contribution < 1.29 is 0 Å². The molecule has 94 valence electrons. The van der Waals surface area contributed by atoms with Gasteiger partial charge in [0.05, 0.1) is 0 Å². The number of hydrogen-bond donors (Lipinski definition) is 1. The maximum absolute atomic E-state index is 4.35. The van der Waals surface area contributed by atoms with Gasteiger partial charge in [0.25, 0.3) is 5.95 Å². The highest BCUT2D eigenvalue weighted by atomic mass is 15.4. The first-order chi connectivity index (χ1) is 9.36. The first-order valence-corrected chi connectivity index (χ1v) is 5.56. The molecule has 19 heavy (non-hydrogen) atoms. The molecule has 0 saturated heterocycles. The van der Waals surface area contributed by atoms with Crippen molar-refractivity contribution in [2.75, 3.05) is 12.4 Å². The zero-order chi connectivity index (χ0) is 13.1. The zero-order valence-electron chi connectivity index (χ0n) is 10.1. The Bertz CT molecular complexity index is 664. The highest BCUT2D eigenvalue weighted by Gasteiger charge is 2.09. The lowest BCUT2D eigenvalue weighted by atomic mass is 10.3. The molecule has 0 spiro atoms. The molecule has 1 N–H and O–H groups in total. The second-order valence-electron chi connectivity index (χ2n) is 3.61. The largest absolute Gasteiger partial charge is 0.357 e. The molecule has 0 aliphatic carbocycles. The molecule has 0 bridgehead atoms. The van der Waals surface area contributed by atoms with Crippen LogP contribution in [0.2, 0.25) is 0 Å². The van der Waals surface area contributed by atoms with Crippen LogP contribution in [0.15, 0.2) is 37.2 Å². The van der Waals surface area contributed by atoms with Crippen LogP contribution in [0.25, 0.3) is 17.3 Å². The molecule has 3 aromatic heterocycles. The molecule has 0 aliphatic heterocycles. The van der Waals surface area contributed by atoms with Crippen LogP contribution in [-0.4, -0.2) is 41.7 Å². The fourth-order valence-electron chi connectivity index (χ4n) is 1.51. The maximum atomic E-state index is 4.35. The topological polar surface area (TPSA) is 94.3 Å². The van der Waals surface area contributed by atoms with Gasteiger partial charge >= 0.3 is 0 Å². The summed E-state index contributed by atoms with van der Waals surface area (Å²) in [6.07, 6.45) is 6.34. The van der Waals surface area contributed by atoms with Crippen LogP contribution in [0.5, 0.6) is 0 Å². The minimum atomic E-state index is 0.399. The summed E-state index contributed by atoms with van der Waals surface area (Å²) in [4.78, 5) is 20.8. The Balaban J connectivity index is 2.13. The van der Waals surface area contributed by atoms with E-state index in [-0.39, 0.29) is 0 Å². The van der Waals surface area contributed by atoms with Gasteiger partial charge in [-0.15, -0.1) is 0 Å². The molecule has 3 rings (SSSR count). The minimum Gasteiger partial charge on any atom is -0.357 e. The van der Waals surface area contributed by atoms with Crippen LogP contribution in [0.1, 0.15) is 0 Å². The number of aromatic nitrogens is 7. The SMILES string of the molecule is CNc1nc(-c2cccnc2)nc(-n2cncn2)n1. The molecule has 0 radical (unpaired) electrons. The summed E-state index contributed by atoms with van der Waals surface area (Å²) in [5.74, 6) is 1.38. The summed E-state index contributed by atoms with van der Waals surface area (Å²) in [6.45, 7) is 0. The third kappa shape index (κ3) is 2.23. The summed E-state index contributed by atoms with van der Waals surface area (Å²) in [7, 11) is 1.74. The van der Waals surface area contributed by atoms with Gasteiger partial charge in [0.15, 0.2) is 5.82 Å². The highest BCUT2D eigenvalue weighted by Crippen LogP contribution is 2.15. The zero-order valence-corrected chi connectivity index (χ0v) is 10.1. The summed E-state index contributed by atoms with van der Waals surface area (Å²) < 4.78 is 1.47. The number of nitrogens with zero attached hydrogens (tertiary/aromatic N) is 7. The van der Waals surface area contributed by atoms with E-state index in [9.17, 15) is 0 Å². The van der Waals surface area contributed by atoms with Crippen molar-refractivity contribution in [3.8, 4) is 17.3 Å². The van der Waals surface area contributed by atoms with Gasteiger partial charge in [-0.3, -0.25) is 4.98 Å². The van der Waals surface area contributed by atoms with E-state index in [1.807, 2.05) is 12.1 Å². The van der Waals surface area contributed by atoms with Crippen molar-refractivity contribution in [3.63, 3.8) is 0 Å². The van der Waals surface area contributed by atoms with Gasteiger partial charge in [0, 0.05) is 25.0 Å². The Morgan fingerprint density at radius 2 is 2.11 bits per heavy atom. The van der Waals surface area contributed by atoms with Crippen LogP contribution in [0.3, 0.4) is 0 Å². The second kappa shape index (κ2) is 4.77. The van der Waals surface area contributed by atoms with E-state index >= 15 is 0 Å². The standard InChI is InChI=1S/C11H10N8/c1-12-10-16-9(8-3-2-4-13-5-8)17-11(18-10)19-7-14-6-15-19/h2-7H,1H3,(H,12,16,17,18). The summed E-state index contributed by atoms with van der Waals surface area (Å²) in [5, 5.41) is 6.90. The fourth-order valence-corrected chi connectivity index (χ4v) is 1.51. The number of pyridine rings is 1. The second-order valence-corrected chi connectivity index (χ2v) is 3.61. The van der Waals surface area contributed by atoms with Gasteiger partial charge in [0.1, 0.15) is 12.7 Å². The van der Waals surface area contributed by atoms with E-state index in [0.717, 1.165) is 5.56 Å². The minimum absolute atomic E-state index is 0.399. The lowest BCUT2D eigenvalue weighted by Crippen LogP contribution is -2.08. The molecule has 0 unspecified atom stereocenters. The first-order valence-electron chi connectivity index (χ1n) is 5.56. The predicted molar refractivity (Wildman–Crippen MR) is 67.5 cm³/mol. The average Bonchev–Trinajstić information content (AvgIpc) is 3.02. The van der Waals surface area contributed by atoms with E-state index < -0.39 is 0 Å². The van der Waals surface area contributed by atoms with Gasteiger partial charge in [0.2, 0.25) is 5.95 Å². The number of hydrogen-bond acceptors (Lipinski definition) is 7. The van der Waals surface area contributed by atoms with Crippen LogP contribution in [0, 0.1) is 0 Å². The average molecular weight is 254 g/mol. The predicted octanol–water partition coefficient (Wildman–Crippen LogP) is 0.556. The van der Waals surface area contributed by atoms with E-state index in [0.29, 0.717) is 17.7 Å². The molecule has 0 fully saturated rings. The molecule has 0 atom stereocenters. The van der Waals surface area contributed by atoms with Crippen LogP contribution in [0.4, 0.5) is 5.95 Å². The van der Waals surface area contributed by atoms with Crippen LogP contribution < -0.4 is 5.32 Å². The quantitative estimate of drug-likeness (QED) is 0.729. The van der Waals surface area contributed by atoms with Crippen LogP contribution >= 0.6 is 0 Å². The third-order valence-electron chi connectivity index (χ3n) is 2.39. The molecule has 0 saturated carbocycles. The molecular weight excluding hydrogens is 244 g/mol. The normalized spacial score (nSPS) is 10.4. The van der Waals surface area contributed by atoms with Crippen molar-refractivity contribution >= 4 is 5.95 Å². The Hall–Kier alpha value is -2.90. The molecule has 0 aliphatic rings. The summed E-state index contributed by atoms with van der Waals surface area (Å²) in [6, 6.07) is 3.71. The van der Waals surface area contributed by atoms with Crippen LogP contribution in [-0.2, 0) is 0 Å². The summed E-state index contributed by atoms with van der Waals surface area (Å²) in [5.41, 5.74) is 0.808. The van der Waals surface area contributed by atoms with Crippen molar-refractivity contribution in [2.45, 2.75) is 0 Å². The first kappa shape index (κ1) is 11.2. The molecule has 0 aromatic carbocycles. The number of anilines is 1. The Morgan fingerprint density at radius 1 is 1.16 bits per heavy atom. The summed E-state index contributed by atoms with van der Waals surface area (Å²) >= 11 is 0. The van der Waals surface area contributed by atoms with Gasteiger partial charge in [-0.2, -0.15) is 24.7 Å².